The number of carbonyl (C=O) groups is 1. The van der Waals surface area contributed by atoms with Gasteiger partial charge in [0.1, 0.15) is 5.75 Å². The molecular weight excluding hydrogens is 366 g/mol. The van der Waals surface area contributed by atoms with Crippen LogP contribution in [0.5, 0.6) is 5.75 Å². The molecule has 2 aromatic carbocycles. The van der Waals surface area contributed by atoms with Gasteiger partial charge in [0.15, 0.2) is 0 Å². The van der Waals surface area contributed by atoms with Gasteiger partial charge in [-0.1, -0.05) is 48.1 Å². The minimum Gasteiger partial charge on any atom is -0.466 e. The van der Waals surface area contributed by atoms with E-state index in [4.69, 9.17) is 27.1 Å². The maximum atomic E-state index is 13.1. The Hall–Kier alpha value is -1.15. The first-order valence-corrected chi connectivity index (χ1v) is 11.3. The molecule has 0 saturated carbocycles. The molecule has 2 aromatic rings. The monoisotopic (exact) mass is 383 g/mol. The van der Waals surface area contributed by atoms with Gasteiger partial charge in [0.2, 0.25) is 4.93 Å². The first kappa shape index (κ1) is 18.2. The number of hydrogen-bond acceptors (Lipinski definition) is 4. The summed E-state index contributed by atoms with van der Waals surface area (Å²) in [6.07, 6.45) is -2.47. The summed E-state index contributed by atoms with van der Waals surface area (Å²) in [5, 5.41) is 0. The molecular formula is C16H17NO2S4. The van der Waals surface area contributed by atoms with Gasteiger partial charge in [0, 0.05) is 18.9 Å². The molecule has 0 saturated heterocycles. The molecule has 2 rings (SSSR count). The van der Waals surface area contributed by atoms with Gasteiger partial charge in [-0.15, -0.1) is 0 Å². The average molecular weight is 384 g/mol. The summed E-state index contributed by atoms with van der Waals surface area (Å²) >= 11 is 15.1. The van der Waals surface area contributed by atoms with Crippen LogP contribution in [-0.4, -0.2) is 17.9 Å². The van der Waals surface area contributed by atoms with E-state index in [0.29, 0.717) is 5.75 Å². The molecule has 0 aromatic heterocycles. The first-order chi connectivity index (χ1) is 10.8. The number of amides is 1. The molecule has 0 spiro atoms. The van der Waals surface area contributed by atoms with Crippen molar-refractivity contribution in [3.63, 3.8) is 0 Å². The number of carbonyl (C=O) groups excluding carboxylic acids is 1. The smallest absolute Gasteiger partial charge is 0.282 e. The summed E-state index contributed by atoms with van der Waals surface area (Å²) in [4.78, 5) is 13.1. The molecule has 1 unspecified atom stereocenters. The Morgan fingerprint density at radius 1 is 1.09 bits per heavy atom. The van der Waals surface area contributed by atoms with Crippen LogP contribution < -0.4 is 9.64 Å². The number of thiol groups is 1. The average Bonchev–Trinajstić information content (AvgIpc) is 2.54. The topological polar surface area (TPSA) is 29.5 Å². The van der Waals surface area contributed by atoms with E-state index in [-0.39, 0.29) is 5.91 Å². The van der Waals surface area contributed by atoms with Crippen molar-refractivity contribution in [1.29, 1.82) is 0 Å². The second-order valence-corrected chi connectivity index (χ2v) is 13.5. The van der Waals surface area contributed by atoms with Crippen molar-refractivity contribution in [3.05, 3.63) is 60.7 Å². The lowest BCUT2D eigenvalue weighted by Gasteiger charge is -2.34. The van der Waals surface area contributed by atoms with E-state index in [1.54, 1.807) is 26.1 Å². The highest BCUT2D eigenvalue weighted by molar-refractivity contribution is 8.93. The number of para-hydroxylation sites is 2. The summed E-state index contributed by atoms with van der Waals surface area (Å²) in [6, 6.07) is 18.3. The zero-order valence-electron chi connectivity index (χ0n) is 12.7. The maximum Gasteiger partial charge on any atom is 0.282 e. The fourth-order valence-corrected chi connectivity index (χ4v) is 3.53. The first-order valence-electron chi connectivity index (χ1n) is 6.80. The van der Waals surface area contributed by atoms with Gasteiger partial charge in [-0.25, -0.2) is 0 Å². The lowest BCUT2D eigenvalue weighted by atomic mass is 10.2. The highest BCUT2D eigenvalue weighted by Crippen LogP contribution is 2.30. The fourth-order valence-electron chi connectivity index (χ4n) is 1.99. The lowest BCUT2D eigenvalue weighted by Crippen LogP contribution is -2.53. The predicted molar refractivity (Wildman–Crippen MR) is 106 cm³/mol. The third-order valence-corrected chi connectivity index (χ3v) is 7.58. The second-order valence-electron chi connectivity index (χ2n) is 5.04. The molecule has 0 radical (unpaired) electrons. The summed E-state index contributed by atoms with van der Waals surface area (Å²) in [7, 11) is 1.67. The van der Waals surface area contributed by atoms with Gasteiger partial charge >= 0.3 is 0 Å². The van der Waals surface area contributed by atoms with Crippen LogP contribution in [0.4, 0.5) is 5.69 Å². The molecule has 0 N–H and O–H groups in total. The molecule has 0 aliphatic rings. The Labute approximate surface area is 151 Å². The van der Waals surface area contributed by atoms with Crippen LogP contribution in [0.2, 0.25) is 0 Å². The van der Waals surface area contributed by atoms with Crippen LogP contribution in [0.15, 0.2) is 60.7 Å². The predicted octanol–water partition coefficient (Wildman–Crippen LogP) is 3.37. The highest BCUT2D eigenvalue weighted by atomic mass is 33.5. The number of ether oxygens (including phenoxy) is 1. The van der Waals surface area contributed by atoms with Crippen molar-refractivity contribution in [3.8, 4) is 5.75 Å². The van der Waals surface area contributed by atoms with E-state index in [9.17, 15) is 4.79 Å². The van der Waals surface area contributed by atoms with Crippen LogP contribution in [0.1, 0.15) is 6.92 Å². The third kappa shape index (κ3) is 4.03. The normalized spacial score (nSPS) is 13.9. The number of nitrogens with zero attached hydrogens (tertiary/aromatic N) is 1. The Balaban J connectivity index is 2.41. The molecule has 7 heteroatoms. The quantitative estimate of drug-likeness (QED) is 0.633. The van der Waals surface area contributed by atoms with E-state index >= 15 is 0 Å². The molecule has 1 amide bonds. The molecule has 122 valence electrons. The standard InChI is InChI=1S/C16H17NO2S4/c1-16(23(20,21)22,19-14-11-7-4-8-12-14)15(18)17(2)13-9-5-3-6-10-13/h3-12H,1-2H3,(H,20,21,22). The van der Waals surface area contributed by atoms with Crippen molar-refractivity contribution >= 4 is 51.8 Å². The zero-order valence-corrected chi connectivity index (χ0v) is 16.1. The summed E-state index contributed by atoms with van der Waals surface area (Å²) in [6.45, 7) is 1.62. The molecule has 23 heavy (non-hydrogen) atoms. The Bertz CT molecular complexity index is 778. The minimum absolute atomic E-state index is 0.317. The number of anilines is 1. The van der Waals surface area contributed by atoms with E-state index in [0.717, 1.165) is 5.69 Å². The van der Waals surface area contributed by atoms with E-state index in [1.165, 1.54) is 4.90 Å². The van der Waals surface area contributed by atoms with E-state index < -0.39 is 11.1 Å². The number of rotatable bonds is 5. The summed E-state index contributed by atoms with van der Waals surface area (Å²) in [5.41, 5.74) is 0.738. The molecule has 0 heterocycles. The van der Waals surface area contributed by atoms with Gasteiger partial charge in [0.05, 0.1) is 0 Å². The SMILES string of the molecule is CN(C(=O)C(C)(Oc1ccccc1)S(=S)(=S)S)c1ccccc1. The van der Waals surface area contributed by atoms with Gasteiger partial charge < -0.3 is 9.64 Å². The van der Waals surface area contributed by atoms with Crippen molar-refractivity contribution in [2.24, 2.45) is 0 Å². The number of likely N-dealkylation sites (N-methyl/N-ethyl adjacent to an activating group) is 1. The minimum atomic E-state index is -2.47. The Kier molecular flexibility index (Phi) is 5.67. The van der Waals surface area contributed by atoms with Gasteiger partial charge in [-0.2, -0.15) is 0 Å². The van der Waals surface area contributed by atoms with Gasteiger partial charge in [-0.05, 0) is 53.6 Å². The van der Waals surface area contributed by atoms with Crippen LogP contribution >= 0.6 is 11.7 Å². The largest absolute Gasteiger partial charge is 0.466 e. The Morgan fingerprint density at radius 2 is 1.57 bits per heavy atom. The van der Waals surface area contributed by atoms with Crippen LogP contribution in [-0.2, 0) is 33.3 Å². The zero-order chi connectivity index (χ0) is 17.1. The summed E-state index contributed by atoms with van der Waals surface area (Å²) in [5.74, 6) is 0.216. The van der Waals surface area contributed by atoms with Crippen molar-refractivity contribution in [1.82, 2.24) is 0 Å². The van der Waals surface area contributed by atoms with Crippen LogP contribution in [0, 0.1) is 0 Å². The molecule has 0 fully saturated rings. The van der Waals surface area contributed by atoms with Crippen molar-refractivity contribution in [2.75, 3.05) is 11.9 Å². The fraction of sp³-hybridized carbons (Fsp3) is 0.188. The van der Waals surface area contributed by atoms with Crippen LogP contribution in [0.25, 0.3) is 0 Å². The van der Waals surface area contributed by atoms with Gasteiger partial charge in [0.25, 0.3) is 5.91 Å². The van der Waals surface area contributed by atoms with Crippen molar-refractivity contribution < 1.29 is 9.53 Å². The molecule has 0 aliphatic heterocycles. The molecule has 0 bridgehead atoms. The molecule has 1 atom stereocenters. The van der Waals surface area contributed by atoms with E-state index in [2.05, 4.69) is 11.7 Å². The lowest BCUT2D eigenvalue weighted by molar-refractivity contribution is -0.126. The second kappa shape index (κ2) is 7.17. The molecule has 3 nitrogen and oxygen atoms in total. The Morgan fingerprint density at radius 3 is 2.04 bits per heavy atom. The van der Waals surface area contributed by atoms with E-state index in [1.807, 2.05) is 48.5 Å². The van der Waals surface area contributed by atoms with Crippen molar-refractivity contribution in [2.45, 2.75) is 11.9 Å². The summed E-state index contributed by atoms with van der Waals surface area (Å²) < 4.78 is 5.93. The van der Waals surface area contributed by atoms with Gasteiger partial charge in [-0.3, -0.25) is 4.79 Å². The third-order valence-electron chi connectivity index (χ3n) is 3.38. The number of hydrogen-bond donors (Lipinski definition) is 1. The van der Waals surface area contributed by atoms with Crippen LogP contribution in [0.3, 0.4) is 0 Å². The maximum absolute atomic E-state index is 13.1. The number of benzene rings is 2. The molecule has 0 aliphatic carbocycles. The highest BCUT2D eigenvalue weighted by Gasteiger charge is 2.44.